The van der Waals surface area contributed by atoms with E-state index in [2.05, 4.69) is 40.3 Å². The van der Waals surface area contributed by atoms with Crippen molar-refractivity contribution in [3.8, 4) is 5.75 Å². The summed E-state index contributed by atoms with van der Waals surface area (Å²) in [6, 6.07) is 4.15. The third kappa shape index (κ3) is 5.91. The van der Waals surface area contributed by atoms with E-state index in [9.17, 15) is 5.11 Å². The Kier molecular flexibility index (Phi) is 7.67. The molecule has 0 radical (unpaired) electrons. The molecule has 0 unspecified atom stereocenters. The van der Waals surface area contributed by atoms with Gasteiger partial charge in [-0.15, -0.1) is 0 Å². The Bertz CT molecular complexity index is 414. The first-order chi connectivity index (χ1) is 8.81. The van der Waals surface area contributed by atoms with Gasteiger partial charge in [-0.05, 0) is 0 Å². The van der Waals surface area contributed by atoms with Crippen molar-refractivity contribution >= 4 is 44.0 Å². The maximum atomic E-state index is 10.3. The van der Waals surface area contributed by atoms with E-state index in [1.54, 1.807) is 5.56 Å². The molecule has 0 saturated heterocycles. The van der Waals surface area contributed by atoms with E-state index < -0.39 is 44.0 Å². The molecule has 108 valence electrons. The van der Waals surface area contributed by atoms with Gasteiger partial charge in [-0.25, -0.2) is 0 Å². The second-order valence-corrected chi connectivity index (χ2v) is 21.5. The van der Waals surface area contributed by atoms with E-state index >= 15 is 0 Å². The monoisotopic (exact) mass is 448 g/mol. The van der Waals surface area contributed by atoms with E-state index in [0.717, 1.165) is 5.21 Å². The maximum absolute atomic E-state index is 10.3. The van der Waals surface area contributed by atoms with Gasteiger partial charge in [-0.3, -0.25) is 0 Å². The zero-order valence-electron chi connectivity index (χ0n) is 13.1. The predicted molar refractivity (Wildman–Crippen MR) is 91.7 cm³/mol. The number of aromatic hydroxyl groups is 1. The predicted octanol–water partition coefficient (Wildman–Crippen LogP) is 3.90. The van der Waals surface area contributed by atoms with Gasteiger partial charge in [-0.1, -0.05) is 0 Å². The van der Waals surface area contributed by atoms with Crippen LogP contribution in [0.3, 0.4) is 0 Å². The Morgan fingerprint density at radius 3 is 1.68 bits per heavy atom. The average molecular weight is 448 g/mol. The molecule has 0 aliphatic carbocycles. The first kappa shape index (κ1) is 17.7. The van der Waals surface area contributed by atoms with Crippen LogP contribution in [0.5, 0.6) is 5.75 Å². The van der Waals surface area contributed by atoms with Crippen molar-refractivity contribution in [2.45, 2.75) is 49.9 Å². The first-order valence-electron chi connectivity index (χ1n) is 6.58. The molecule has 1 N–H and O–H groups in total. The van der Waals surface area contributed by atoms with Crippen molar-refractivity contribution in [1.29, 1.82) is 0 Å². The number of hydrogen-bond acceptors (Lipinski definition) is 1. The molecule has 1 aromatic rings. The number of benzene rings is 1. The summed E-state index contributed by atoms with van der Waals surface area (Å²) in [5.74, 6) is 0.559. The Hall–Kier alpha value is 0.695. The van der Waals surface area contributed by atoms with Gasteiger partial charge in [0.2, 0.25) is 0 Å². The van der Waals surface area contributed by atoms with E-state index in [0.29, 0.717) is 5.75 Å². The van der Waals surface area contributed by atoms with Crippen molar-refractivity contribution in [1.82, 2.24) is 0 Å². The van der Waals surface area contributed by atoms with Crippen LogP contribution >= 0.6 is 0 Å². The van der Waals surface area contributed by atoms with Crippen molar-refractivity contribution in [3.63, 3.8) is 0 Å². The molecule has 1 nitrogen and oxygen atoms in total. The van der Waals surface area contributed by atoms with Crippen molar-refractivity contribution in [2.24, 2.45) is 0 Å². The third-order valence-corrected chi connectivity index (χ3v) is 8.96. The van der Waals surface area contributed by atoms with Gasteiger partial charge in [0.15, 0.2) is 0 Å². The summed E-state index contributed by atoms with van der Waals surface area (Å²) in [6.45, 7) is 0. The van der Waals surface area contributed by atoms with Crippen molar-refractivity contribution < 1.29 is 5.11 Å². The van der Waals surface area contributed by atoms with Gasteiger partial charge < -0.3 is 0 Å². The van der Waals surface area contributed by atoms with Gasteiger partial charge in [0.25, 0.3) is 0 Å². The molecule has 4 heteroatoms. The topological polar surface area (TPSA) is 20.2 Å². The molecule has 0 spiro atoms. The molecular weight excluding hydrogens is 421 g/mol. The summed E-state index contributed by atoms with van der Waals surface area (Å²) >= 11 is -2.12. The molecule has 0 aliphatic heterocycles. The molecule has 0 heterocycles. The average Bonchev–Trinajstić information content (AvgIpc) is 2.25. The molecule has 0 bridgehead atoms. The van der Waals surface area contributed by atoms with Gasteiger partial charge in [0, 0.05) is 0 Å². The van der Waals surface area contributed by atoms with E-state index in [4.69, 9.17) is 0 Å². The molecule has 0 atom stereocenters. The summed E-state index contributed by atoms with van der Waals surface area (Å²) in [7, 11) is 0. The molecule has 0 aromatic heterocycles. The second-order valence-electron chi connectivity index (χ2n) is 5.91. The number of rotatable bonds is 6. The van der Waals surface area contributed by atoms with Gasteiger partial charge in [0.05, 0.1) is 0 Å². The normalized spacial score (nSPS) is 11.8. The summed E-state index contributed by atoms with van der Waals surface area (Å²) in [5, 5.41) is 14.0. The minimum atomic E-state index is -0.751. The van der Waals surface area contributed by atoms with Crippen LogP contribution in [-0.4, -0.2) is 49.1 Å². The number of phenolic OH excluding ortho intramolecular Hbond substituents is 1. The summed E-state index contributed by atoms with van der Waals surface area (Å²) < 4.78 is 0. The van der Waals surface area contributed by atoms with E-state index in [1.807, 2.05) is 6.07 Å². The van der Waals surface area contributed by atoms with Crippen LogP contribution in [-0.2, 0) is 15.6 Å². The van der Waals surface area contributed by atoms with Crippen molar-refractivity contribution in [2.75, 3.05) is 0 Å². The molecule has 0 fully saturated rings. The van der Waals surface area contributed by atoms with Crippen LogP contribution in [0.25, 0.3) is 0 Å². The van der Waals surface area contributed by atoms with Crippen LogP contribution in [0.1, 0.15) is 16.7 Å². The van der Waals surface area contributed by atoms with Crippen LogP contribution < -0.4 is 0 Å². The Labute approximate surface area is 133 Å². The molecule has 0 aliphatic rings. The summed E-state index contributed by atoms with van der Waals surface area (Å²) in [6.07, 6.45) is 0. The quantitative estimate of drug-likeness (QED) is 0.655. The van der Waals surface area contributed by atoms with Crippen LogP contribution in [0, 0.1) is 0 Å². The number of hydrogen-bond donors (Lipinski definition) is 1. The molecule has 19 heavy (non-hydrogen) atoms. The fourth-order valence-corrected chi connectivity index (χ4v) is 8.50. The van der Waals surface area contributed by atoms with Gasteiger partial charge >= 0.3 is 134 Å². The number of phenols is 1. The van der Waals surface area contributed by atoms with Gasteiger partial charge in [-0.2, -0.15) is 0 Å². The Morgan fingerprint density at radius 2 is 1.21 bits per heavy atom. The zero-order valence-corrected chi connectivity index (χ0v) is 18.7. The first-order valence-corrected chi connectivity index (χ1v) is 21.8. The molecule has 1 rings (SSSR count). The standard InChI is InChI=1S/C15H27As3O/c1-16(2)9-12-7-8-15(19)14(11-18(5)6)13(12)10-17(3)4/h7-8,19H,9-11H2,1-6H3. The summed E-state index contributed by atoms with van der Waals surface area (Å²) in [4.78, 5) is 0. The Morgan fingerprint density at radius 1 is 0.737 bits per heavy atom. The molecule has 0 amide bonds. The molecule has 1 aromatic carbocycles. The van der Waals surface area contributed by atoms with Crippen LogP contribution in [0.2, 0.25) is 34.3 Å². The Balaban J connectivity index is 3.23. The fourth-order valence-electron chi connectivity index (χ4n) is 2.22. The minimum absolute atomic E-state index is 0.559. The van der Waals surface area contributed by atoms with Gasteiger partial charge in [0.1, 0.15) is 0 Å². The molecular formula is C15H27As3O. The SMILES string of the molecule is C[As](C)Cc1ccc(O)c(C[As](C)C)c1C[As](C)C. The zero-order chi connectivity index (χ0) is 14.6. The van der Waals surface area contributed by atoms with Crippen LogP contribution in [0.4, 0.5) is 0 Å². The van der Waals surface area contributed by atoms with E-state index in [-0.39, 0.29) is 0 Å². The summed E-state index contributed by atoms with van der Waals surface area (Å²) in [5.41, 5.74) is 18.9. The fraction of sp³-hybridized carbons (Fsp3) is 0.600. The van der Waals surface area contributed by atoms with Crippen molar-refractivity contribution in [3.05, 3.63) is 28.8 Å². The van der Waals surface area contributed by atoms with Crippen LogP contribution in [0.15, 0.2) is 12.1 Å². The second kappa shape index (κ2) is 8.21. The van der Waals surface area contributed by atoms with E-state index in [1.165, 1.54) is 21.5 Å². The molecule has 0 saturated carbocycles. The third-order valence-electron chi connectivity index (χ3n) is 2.94.